The van der Waals surface area contributed by atoms with Gasteiger partial charge in [0.05, 0.1) is 0 Å². The van der Waals surface area contributed by atoms with Crippen LogP contribution in [0.5, 0.6) is 0 Å². The summed E-state index contributed by atoms with van der Waals surface area (Å²) in [5, 5.41) is 0. The molecule has 0 aliphatic rings. The Morgan fingerprint density at radius 3 is 2.44 bits per heavy atom. The highest BCUT2D eigenvalue weighted by Crippen LogP contribution is 2.08. The standard InChI is InChI=1S/C14H17FO3/c1-14(2,3)18-13(16)17-10-4-5-11-6-8-12(15)9-7-11/h4-9H,10H2,1-3H3. The summed E-state index contributed by atoms with van der Waals surface area (Å²) in [6.45, 7) is 5.42. The van der Waals surface area contributed by atoms with Gasteiger partial charge in [-0.2, -0.15) is 0 Å². The zero-order chi connectivity index (χ0) is 13.6. The minimum Gasteiger partial charge on any atom is -0.430 e. The van der Waals surface area contributed by atoms with Gasteiger partial charge >= 0.3 is 6.16 Å². The zero-order valence-electron chi connectivity index (χ0n) is 10.8. The van der Waals surface area contributed by atoms with Gasteiger partial charge in [0.2, 0.25) is 0 Å². The molecule has 0 amide bonds. The molecule has 0 atom stereocenters. The molecule has 0 aromatic heterocycles. The first kappa shape index (κ1) is 14.2. The number of halogens is 1. The Balaban J connectivity index is 2.33. The summed E-state index contributed by atoms with van der Waals surface area (Å²) in [7, 11) is 0. The van der Waals surface area contributed by atoms with Crippen LogP contribution in [-0.2, 0) is 9.47 Å². The molecule has 0 saturated heterocycles. The summed E-state index contributed by atoms with van der Waals surface area (Å²) in [6.07, 6.45) is 2.70. The predicted octanol–water partition coefficient (Wildman–Crippen LogP) is 3.79. The van der Waals surface area contributed by atoms with Gasteiger partial charge in [-0.25, -0.2) is 9.18 Å². The van der Waals surface area contributed by atoms with Crippen LogP contribution < -0.4 is 0 Å². The van der Waals surface area contributed by atoms with E-state index in [0.717, 1.165) is 5.56 Å². The number of carbonyl (C=O) groups is 1. The monoisotopic (exact) mass is 252 g/mol. The van der Waals surface area contributed by atoms with Crippen LogP contribution in [-0.4, -0.2) is 18.4 Å². The summed E-state index contributed by atoms with van der Waals surface area (Å²) in [4.78, 5) is 11.2. The smallest absolute Gasteiger partial charge is 0.430 e. The van der Waals surface area contributed by atoms with Gasteiger partial charge in [-0.05, 0) is 44.5 Å². The Morgan fingerprint density at radius 1 is 1.28 bits per heavy atom. The molecule has 0 saturated carbocycles. The lowest BCUT2D eigenvalue weighted by Gasteiger charge is -2.18. The fraction of sp³-hybridized carbons (Fsp3) is 0.357. The minimum atomic E-state index is -0.703. The summed E-state index contributed by atoms with van der Waals surface area (Å²) in [6, 6.07) is 6.02. The molecule has 0 unspecified atom stereocenters. The molecular formula is C14H17FO3. The van der Waals surface area contributed by atoms with Gasteiger partial charge in [-0.1, -0.05) is 18.2 Å². The van der Waals surface area contributed by atoms with Crippen molar-refractivity contribution in [3.8, 4) is 0 Å². The number of rotatable bonds is 3. The average molecular weight is 252 g/mol. The van der Waals surface area contributed by atoms with Gasteiger partial charge in [-0.3, -0.25) is 0 Å². The molecular weight excluding hydrogens is 235 g/mol. The number of ether oxygens (including phenoxy) is 2. The topological polar surface area (TPSA) is 35.5 Å². The zero-order valence-corrected chi connectivity index (χ0v) is 10.8. The van der Waals surface area contributed by atoms with E-state index in [1.165, 1.54) is 12.1 Å². The van der Waals surface area contributed by atoms with Crippen LogP contribution in [0.4, 0.5) is 9.18 Å². The molecule has 0 aliphatic heterocycles. The van der Waals surface area contributed by atoms with Crippen molar-refractivity contribution in [2.24, 2.45) is 0 Å². The van der Waals surface area contributed by atoms with E-state index >= 15 is 0 Å². The van der Waals surface area contributed by atoms with Crippen LogP contribution in [0, 0.1) is 5.82 Å². The number of carbonyl (C=O) groups excluding carboxylic acids is 1. The molecule has 18 heavy (non-hydrogen) atoms. The molecule has 0 N–H and O–H groups in total. The molecule has 0 spiro atoms. The van der Waals surface area contributed by atoms with Crippen molar-refractivity contribution in [3.05, 3.63) is 41.7 Å². The first-order valence-corrected chi connectivity index (χ1v) is 5.65. The van der Waals surface area contributed by atoms with E-state index in [2.05, 4.69) is 0 Å². The molecule has 0 heterocycles. The van der Waals surface area contributed by atoms with E-state index in [1.54, 1.807) is 45.1 Å². The lowest BCUT2D eigenvalue weighted by atomic mass is 10.2. The fourth-order valence-corrected chi connectivity index (χ4v) is 1.15. The Kier molecular flexibility index (Phi) is 4.89. The minimum absolute atomic E-state index is 0.117. The SMILES string of the molecule is CC(C)(C)OC(=O)OCC=Cc1ccc(F)cc1. The van der Waals surface area contributed by atoms with Crippen LogP contribution in [0.15, 0.2) is 30.3 Å². The van der Waals surface area contributed by atoms with Crippen LogP contribution in [0.1, 0.15) is 26.3 Å². The molecule has 0 bridgehead atoms. The highest BCUT2D eigenvalue weighted by Gasteiger charge is 2.16. The molecule has 0 radical (unpaired) electrons. The molecule has 4 heteroatoms. The number of hydrogen-bond acceptors (Lipinski definition) is 3. The van der Waals surface area contributed by atoms with E-state index in [1.807, 2.05) is 0 Å². The van der Waals surface area contributed by atoms with E-state index in [0.29, 0.717) is 0 Å². The van der Waals surface area contributed by atoms with Gasteiger partial charge < -0.3 is 9.47 Å². The van der Waals surface area contributed by atoms with Gasteiger partial charge in [0, 0.05) is 0 Å². The van der Waals surface area contributed by atoms with Crippen molar-refractivity contribution in [1.29, 1.82) is 0 Å². The highest BCUT2D eigenvalue weighted by atomic mass is 19.1. The van der Waals surface area contributed by atoms with Crippen molar-refractivity contribution >= 4 is 12.2 Å². The van der Waals surface area contributed by atoms with Crippen molar-refractivity contribution in [2.75, 3.05) is 6.61 Å². The van der Waals surface area contributed by atoms with Crippen molar-refractivity contribution < 1.29 is 18.7 Å². The van der Waals surface area contributed by atoms with E-state index in [-0.39, 0.29) is 12.4 Å². The summed E-state index contributed by atoms with van der Waals surface area (Å²) < 4.78 is 22.4. The van der Waals surface area contributed by atoms with Gasteiger partial charge in [-0.15, -0.1) is 0 Å². The van der Waals surface area contributed by atoms with Crippen molar-refractivity contribution in [2.45, 2.75) is 26.4 Å². The van der Waals surface area contributed by atoms with Crippen LogP contribution >= 0.6 is 0 Å². The van der Waals surface area contributed by atoms with Crippen molar-refractivity contribution in [3.63, 3.8) is 0 Å². The maximum Gasteiger partial charge on any atom is 0.509 e. The second-order valence-electron chi connectivity index (χ2n) is 4.73. The summed E-state index contributed by atoms with van der Waals surface area (Å²) >= 11 is 0. The highest BCUT2D eigenvalue weighted by molar-refractivity contribution is 5.61. The van der Waals surface area contributed by atoms with Gasteiger partial charge in [0.25, 0.3) is 0 Å². The molecule has 0 aliphatic carbocycles. The Labute approximate surface area is 106 Å². The second kappa shape index (κ2) is 6.19. The maximum atomic E-state index is 12.6. The first-order chi connectivity index (χ1) is 8.37. The van der Waals surface area contributed by atoms with Crippen LogP contribution in [0.2, 0.25) is 0 Å². The number of hydrogen-bond donors (Lipinski definition) is 0. The van der Waals surface area contributed by atoms with Gasteiger partial charge in [0.1, 0.15) is 18.0 Å². The Morgan fingerprint density at radius 2 is 1.89 bits per heavy atom. The number of benzene rings is 1. The summed E-state index contributed by atoms with van der Waals surface area (Å²) in [5.74, 6) is -0.280. The largest absolute Gasteiger partial charge is 0.509 e. The Bertz CT molecular complexity index is 416. The molecule has 3 nitrogen and oxygen atoms in total. The van der Waals surface area contributed by atoms with E-state index in [9.17, 15) is 9.18 Å². The van der Waals surface area contributed by atoms with E-state index in [4.69, 9.17) is 9.47 Å². The average Bonchev–Trinajstić information content (AvgIpc) is 2.24. The molecule has 0 fully saturated rings. The maximum absolute atomic E-state index is 12.6. The van der Waals surface area contributed by atoms with Crippen LogP contribution in [0.25, 0.3) is 6.08 Å². The van der Waals surface area contributed by atoms with Crippen molar-refractivity contribution in [1.82, 2.24) is 0 Å². The normalized spacial score (nSPS) is 11.6. The third kappa shape index (κ3) is 6.03. The first-order valence-electron chi connectivity index (χ1n) is 5.65. The molecule has 1 aromatic carbocycles. The van der Waals surface area contributed by atoms with E-state index < -0.39 is 11.8 Å². The summed E-state index contributed by atoms with van der Waals surface area (Å²) in [5.41, 5.74) is 0.279. The third-order valence-electron chi connectivity index (χ3n) is 1.87. The molecule has 1 aromatic rings. The lowest BCUT2D eigenvalue weighted by Crippen LogP contribution is -2.24. The quantitative estimate of drug-likeness (QED) is 0.768. The molecule has 98 valence electrons. The Hall–Kier alpha value is -1.84. The second-order valence-corrected chi connectivity index (χ2v) is 4.73. The fourth-order valence-electron chi connectivity index (χ4n) is 1.15. The predicted molar refractivity (Wildman–Crippen MR) is 67.6 cm³/mol. The molecule has 1 rings (SSSR count). The van der Waals surface area contributed by atoms with Gasteiger partial charge in [0.15, 0.2) is 0 Å². The van der Waals surface area contributed by atoms with Crippen LogP contribution in [0.3, 0.4) is 0 Å². The third-order valence-corrected chi connectivity index (χ3v) is 1.87. The lowest BCUT2D eigenvalue weighted by molar-refractivity contribution is -0.00234.